The lowest BCUT2D eigenvalue weighted by Gasteiger charge is -2.00. The Hall–Kier alpha value is -14.6. The van der Waals surface area contributed by atoms with Crippen LogP contribution < -0.4 is 0 Å². The van der Waals surface area contributed by atoms with E-state index in [4.69, 9.17) is 0 Å². The molecule has 0 aliphatic carbocycles. The lowest BCUT2D eigenvalue weighted by Crippen LogP contribution is -1.90. The molecule has 0 bridgehead atoms. The average molecular weight is 1810 g/mol. The first kappa shape index (κ1) is 105. The molecule has 0 aliphatic heterocycles. The molecule has 0 atom stereocenters. The molecule has 24 aromatic rings. The summed E-state index contributed by atoms with van der Waals surface area (Å²) in [5, 5.41) is 18.0. The summed E-state index contributed by atoms with van der Waals surface area (Å²) in [5.41, 5.74) is 32.4. The van der Waals surface area contributed by atoms with Crippen LogP contribution >= 0.6 is 0 Å². The maximum atomic E-state index is 4.47. The molecule has 24 rings (SSSR count). The van der Waals surface area contributed by atoms with Crippen molar-refractivity contribution in [3.63, 3.8) is 0 Å². The molecule has 0 aliphatic rings. The van der Waals surface area contributed by atoms with E-state index in [1.165, 1.54) is 197 Å². The Morgan fingerprint density at radius 3 is 0.978 bits per heavy atom. The number of aromatic nitrogens is 15. The first-order valence-corrected chi connectivity index (χ1v) is 48.7. The number of nitrogens with zero attached hydrogens (tertiary/aromatic N) is 15. The Labute approximate surface area is 806 Å². The third kappa shape index (κ3) is 21.1. The van der Waals surface area contributed by atoms with Crippen molar-refractivity contribution < 1.29 is 0 Å². The van der Waals surface area contributed by atoms with Crippen LogP contribution in [0, 0.1) is 55.4 Å². The SMILES string of the molecule is CC.CC.CC.CC.CC.CC.CC.CC.Cc1cccc2c3ccccc3n(C)c12.Cc1cccc2c3cccnc3n(C)c12.Cc1cccc2c3ccncc3n(C)c12.Cc1cccc2c3cnccc3n(C)c12.Cc1cccc2c3ncccc3n(C)c12.Cc1ccnc2c3ccccc3n(C)c12.Cc1cncc2c3ccccc3n(C)c12.Cc1nccc2c3ccccc3n(C)c12. The van der Waals surface area contributed by atoms with Crippen molar-refractivity contribution >= 4 is 175 Å². The Morgan fingerprint density at radius 1 is 0.162 bits per heavy atom. The summed E-state index contributed by atoms with van der Waals surface area (Å²) in [4.78, 5) is 30.3. The van der Waals surface area contributed by atoms with Crippen molar-refractivity contribution in [2.24, 2.45) is 56.4 Å². The van der Waals surface area contributed by atoms with Crippen LogP contribution in [-0.2, 0) is 56.4 Å². The van der Waals surface area contributed by atoms with Gasteiger partial charge in [-0.05, 0) is 167 Å². The molecule has 0 amide bonds. The summed E-state index contributed by atoms with van der Waals surface area (Å²) in [7, 11) is 16.8. The van der Waals surface area contributed by atoms with Crippen LogP contribution in [0.5, 0.6) is 0 Å². The van der Waals surface area contributed by atoms with Crippen molar-refractivity contribution in [1.82, 2.24) is 71.4 Å². The second kappa shape index (κ2) is 50.0. The molecule has 9 aromatic carbocycles. The lowest BCUT2D eigenvalue weighted by molar-refractivity contribution is 0.984. The van der Waals surface area contributed by atoms with Crippen LogP contribution in [0.1, 0.15) is 155 Å². The first-order chi connectivity index (χ1) is 66.3. The molecular weight excluding hydrogens is 1660 g/mol. The molecule has 15 nitrogen and oxygen atoms in total. The third-order valence-corrected chi connectivity index (χ3v) is 24.1. The predicted octanol–water partition coefficient (Wildman–Crippen LogP) is 33.1. The van der Waals surface area contributed by atoms with Gasteiger partial charge in [0.05, 0.1) is 89.1 Å². The summed E-state index contributed by atoms with van der Waals surface area (Å²) < 4.78 is 17.8. The monoisotopic (exact) mass is 1810 g/mol. The lowest BCUT2D eigenvalue weighted by atomic mass is 10.1. The Bertz CT molecular complexity index is 6610. The van der Waals surface area contributed by atoms with Gasteiger partial charge in [0.15, 0.2) is 0 Å². The van der Waals surface area contributed by atoms with Crippen LogP contribution in [0.3, 0.4) is 0 Å². The fraction of sp³-hybridized carbons (Fsp3) is 0.264. The van der Waals surface area contributed by atoms with E-state index < -0.39 is 0 Å². The summed E-state index contributed by atoms with van der Waals surface area (Å²) in [5.74, 6) is 0. The highest BCUT2D eigenvalue weighted by Crippen LogP contribution is 2.37. The standard InChI is InChI=1S/C14H13N.7C13H12N2.8C2H6/c1-10-6-5-8-12-11-7-3-4-9-13(11)15(2)14(10)12;1-9-5-3-6-10-12-11(7-4-8-14-12)15(2)13(9)10;1-9-5-3-6-10-11-7-4-8-14-13(11)15(2)12(9)10;1-9-4-3-5-11-10-6-7-14-8-12(10)15(2)13(9)11;1-9-4-3-5-10-11-8-14-7-6-12(11)15(2)13(9)10;1-9-7-14-8-11-10-5-3-4-6-12(10)15(2)13(9)11;1-9-13-11(7-8-14-9)10-5-3-4-6-12(10)15(13)2;1-9-7-8-14-12-10-5-3-4-6-11(10)15(2)13(9)12;8*1-2/h3-9H,1-2H3;7*3-8H,1-2H3;8*1-2H3. The number of hydrogen-bond acceptors (Lipinski definition) is 7. The number of hydrogen-bond donors (Lipinski definition) is 0. The van der Waals surface area contributed by atoms with Crippen LogP contribution in [0.4, 0.5) is 0 Å². The van der Waals surface area contributed by atoms with Crippen molar-refractivity contribution in [1.29, 1.82) is 0 Å². The highest BCUT2D eigenvalue weighted by Gasteiger charge is 2.17. The first-order valence-electron chi connectivity index (χ1n) is 48.7. The summed E-state index contributed by atoms with van der Waals surface area (Å²) in [6.07, 6.45) is 18.9. The summed E-state index contributed by atoms with van der Waals surface area (Å²) >= 11 is 0. The van der Waals surface area contributed by atoms with Crippen LogP contribution in [0.15, 0.2) is 299 Å². The van der Waals surface area contributed by atoms with Crippen molar-refractivity contribution in [3.05, 3.63) is 343 Å². The predicted molar refractivity (Wildman–Crippen MR) is 597 cm³/mol. The summed E-state index contributed by atoms with van der Waals surface area (Å²) in [6, 6.07) is 82.5. The molecule has 0 N–H and O–H groups in total. The van der Waals surface area contributed by atoms with Gasteiger partial charge in [-0.15, -0.1) is 0 Å². The quantitative estimate of drug-likeness (QED) is 0.148. The number of para-hydroxylation sites is 9. The Balaban J connectivity index is 0.000000170. The zero-order valence-corrected chi connectivity index (χ0v) is 87.0. The minimum Gasteiger partial charge on any atom is -0.343 e. The molecule has 0 unspecified atom stereocenters. The van der Waals surface area contributed by atoms with Crippen LogP contribution in [0.25, 0.3) is 175 Å². The van der Waals surface area contributed by atoms with E-state index in [9.17, 15) is 0 Å². The molecule has 15 heteroatoms. The van der Waals surface area contributed by atoms with Crippen LogP contribution in [-0.4, -0.2) is 71.4 Å². The molecule has 0 radical (unpaired) electrons. The number of rotatable bonds is 0. The fourth-order valence-corrected chi connectivity index (χ4v) is 18.6. The molecule has 704 valence electrons. The van der Waals surface area contributed by atoms with Gasteiger partial charge in [0.2, 0.25) is 0 Å². The Kier molecular flexibility index (Phi) is 38.6. The molecule has 0 spiro atoms. The maximum Gasteiger partial charge on any atom is 0.140 e. The van der Waals surface area contributed by atoms with Gasteiger partial charge < -0.3 is 36.5 Å². The van der Waals surface area contributed by atoms with Gasteiger partial charge in [-0.2, -0.15) is 0 Å². The maximum absolute atomic E-state index is 4.47. The molecule has 0 saturated heterocycles. The van der Waals surface area contributed by atoms with E-state index in [-0.39, 0.29) is 0 Å². The zero-order chi connectivity index (χ0) is 99.3. The molecule has 0 fully saturated rings. The third-order valence-electron chi connectivity index (χ3n) is 24.1. The fourth-order valence-electron chi connectivity index (χ4n) is 18.6. The number of pyridine rings is 7. The van der Waals surface area contributed by atoms with E-state index in [1.807, 2.05) is 185 Å². The van der Waals surface area contributed by atoms with Gasteiger partial charge in [-0.25, -0.2) is 4.98 Å². The van der Waals surface area contributed by atoms with E-state index >= 15 is 0 Å². The van der Waals surface area contributed by atoms with E-state index in [0.29, 0.717) is 0 Å². The summed E-state index contributed by atoms with van der Waals surface area (Å²) in [6.45, 7) is 49.0. The van der Waals surface area contributed by atoms with Crippen molar-refractivity contribution in [2.45, 2.75) is 166 Å². The molecule has 136 heavy (non-hydrogen) atoms. The van der Waals surface area contributed by atoms with Gasteiger partial charge in [-0.3, -0.25) is 29.9 Å². The minimum atomic E-state index is 1.06. The van der Waals surface area contributed by atoms with Crippen molar-refractivity contribution in [2.75, 3.05) is 0 Å². The van der Waals surface area contributed by atoms with Gasteiger partial charge in [-0.1, -0.05) is 275 Å². The Morgan fingerprint density at radius 2 is 0.463 bits per heavy atom. The van der Waals surface area contributed by atoms with E-state index in [0.717, 1.165) is 22.4 Å². The molecular formula is C121H145N15. The number of benzene rings is 9. The topological polar surface area (TPSA) is 130 Å². The molecule has 15 heterocycles. The number of aryl methyl sites for hydroxylation is 16. The van der Waals surface area contributed by atoms with Gasteiger partial charge in [0.25, 0.3) is 0 Å². The normalized spacial score (nSPS) is 10.4. The van der Waals surface area contributed by atoms with Gasteiger partial charge >= 0.3 is 0 Å². The van der Waals surface area contributed by atoms with Crippen LogP contribution in [0.2, 0.25) is 0 Å². The zero-order valence-electron chi connectivity index (χ0n) is 87.0. The van der Waals surface area contributed by atoms with E-state index in [2.05, 4.69) is 408 Å². The highest BCUT2D eigenvalue weighted by molar-refractivity contribution is 6.14. The number of fused-ring (bicyclic) bond motifs is 24. The minimum absolute atomic E-state index is 1.06. The average Bonchev–Trinajstić information content (AvgIpc) is 1.67. The van der Waals surface area contributed by atoms with Gasteiger partial charge in [0.1, 0.15) is 5.65 Å². The molecule has 0 saturated carbocycles. The largest absolute Gasteiger partial charge is 0.343 e. The second-order valence-electron chi connectivity index (χ2n) is 31.4. The van der Waals surface area contributed by atoms with Gasteiger partial charge in [0, 0.05) is 204 Å². The van der Waals surface area contributed by atoms with Crippen molar-refractivity contribution in [3.8, 4) is 0 Å². The highest BCUT2D eigenvalue weighted by atomic mass is 15.0. The van der Waals surface area contributed by atoms with E-state index in [1.54, 1.807) is 0 Å². The second-order valence-corrected chi connectivity index (χ2v) is 31.4. The smallest absolute Gasteiger partial charge is 0.140 e. The molecule has 15 aromatic heterocycles.